The van der Waals surface area contributed by atoms with Crippen LogP contribution < -0.4 is 10.4 Å². The smallest absolute Gasteiger partial charge is 0.0346 e. The van der Waals surface area contributed by atoms with Gasteiger partial charge in [0.05, 0.1) is 0 Å². The van der Waals surface area contributed by atoms with Crippen molar-refractivity contribution < 1.29 is 0 Å². The summed E-state index contributed by atoms with van der Waals surface area (Å²) in [4.78, 5) is 8.70. The molecule has 8 rings (SSSR count). The first-order valence-electron chi connectivity index (χ1n) is 14.9. The number of rotatable bonds is 4. The van der Waals surface area contributed by atoms with E-state index in [0.29, 0.717) is 5.92 Å². The van der Waals surface area contributed by atoms with Crippen LogP contribution in [0.3, 0.4) is 0 Å². The van der Waals surface area contributed by atoms with Gasteiger partial charge in [-0.1, -0.05) is 104 Å². The van der Waals surface area contributed by atoms with Crippen LogP contribution in [0.15, 0.2) is 158 Å². The molecule has 0 radical (unpaired) electrons. The Hall–Kier alpha value is -5.34. The van der Waals surface area contributed by atoms with E-state index >= 15 is 0 Å². The van der Waals surface area contributed by atoms with E-state index in [9.17, 15) is 0 Å². The van der Waals surface area contributed by atoms with Gasteiger partial charge in [0.1, 0.15) is 0 Å². The maximum Gasteiger partial charge on any atom is 0.0346 e. The van der Waals surface area contributed by atoms with Crippen molar-refractivity contribution in [3.63, 3.8) is 0 Å². The van der Waals surface area contributed by atoms with Crippen molar-refractivity contribution in [1.82, 2.24) is 9.97 Å². The summed E-state index contributed by atoms with van der Waals surface area (Å²) in [5.41, 5.74) is 11.2. The normalized spacial score (nSPS) is 17.4. The first kappa shape index (κ1) is 25.4. The minimum Gasteiger partial charge on any atom is -0.265 e. The van der Waals surface area contributed by atoms with Gasteiger partial charge in [-0.05, 0) is 96.4 Å². The van der Waals surface area contributed by atoms with Crippen molar-refractivity contribution in [1.29, 1.82) is 0 Å². The standard InChI is InChI=1S/C41H30N2/c1-27-8-7-13-38-39(27)41(37-12-6-5-11-36(37)40(38)29-9-3-2-4-10-29)33-17-16-30-22-32(15-14-31(30)23-33)35-24-34(25-43-26-35)28-18-20-42-21-19-28/h2-27,39H,1H3. The van der Waals surface area contributed by atoms with E-state index in [1.807, 2.05) is 36.9 Å². The number of nitrogens with zero attached hydrogens (tertiary/aromatic N) is 2. The molecule has 0 spiro atoms. The van der Waals surface area contributed by atoms with Gasteiger partial charge in [-0.15, -0.1) is 0 Å². The predicted octanol–water partition coefficient (Wildman–Crippen LogP) is 8.12. The second-order valence-corrected chi connectivity index (χ2v) is 11.5. The Kier molecular flexibility index (Phi) is 6.19. The average Bonchev–Trinajstić information content (AvgIpc) is 3.08. The quantitative estimate of drug-likeness (QED) is 0.222. The molecule has 2 nitrogen and oxygen atoms in total. The summed E-state index contributed by atoms with van der Waals surface area (Å²) in [7, 11) is 0. The molecule has 0 saturated heterocycles. The van der Waals surface area contributed by atoms with Crippen LogP contribution in [0.2, 0.25) is 0 Å². The van der Waals surface area contributed by atoms with Gasteiger partial charge < -0.3 is 0 Å². The van der Waals surface area contributed by atoms with Gasteiger partial charge in [-0.25, -0.2) is 0 Å². The first-order chi connectivity index (χ1) is 21.2. The lowest BCUT2D eigenvalue weighted by Crippen LogP contribution is -2.39. The lowest BCUT2D eigenvalue weighted by molar-refractivity contribution is 0.597. The highest BCUT2D eigenvalue weighted by Crippen LogP contribution is 2.43. The van der Waals surface area contributed by atoms with Crippen molar-refractivity contribution in [2.45, 2.75) is 6.92 Å². The fourth-order valence-electron chi connectivity index (χ4n) is 6.90. The Labute approximate surface area is 251 Å². The van der Waals surface area contributed by atoms with Crippen molar-refractivity contribution in [3.05, 3.63) is 179 Å². The summed E-state index contributed by atoms with van der Waals surface area (Å²) in [6, 6.07) is 39.8. The van der Waals surface area contributed by atoms with Crippen LogP contribution in [-0.2, 0) is 0 Å². The van der Waals surface area contributed by atoms with Gasteiger partial charge in [0.25, 0.3) is 0 Å². The molecule has 2 aliphatic carbocycles. The van der Waals surface area contributed by atoms with Crippen LogP contribution in [0.1, 0.15) is 18.1 Å². The Morgan fingerprint density at radius 2 is 1.21 bits per heavy atom. The van der Waals surface area contributed by atoms with Crippen LogP contribution >= 0.6 is 0 Å². The Bertz CT molecular complexity index is 2190. The van der Waals surface area contributed by atoms with E-state index in [1.54, 1.807) is 0 Å². The lowest BCUT2D eigenvalue weighted by Gasteiger charge is -2.35. The fourth-order valence-corrected chi connectivity index (χ4v) is 6.90. The second kappa shape index (κ2) is 10.5. The molecular formula is C41H30N2. The van der Waals surface area contributed by atoms with Crippen LogP contribution in [-0.4, -0.2) is 9.97 Å². The lowest BCUT2D eigenvalue weighted by atomic mass is 9.68. The Morgan fingerprint density at radius 3 is 2.00 bits per heavy atom. The van der Waals surface area contributed by atoms with Crippen molar-refractivity contribution in [2.24, 2.45) is 11.8 Å². The van der Waals surface area contributed by atoms with E-state index in [2.05, 4.69) is 132 Å². The summed E-state index contributed by atoms with van der Waals surface area (Å²) in [6.07, 6.45) is 14.4. The van der Waals surface area contributed by atoms with Crippen LogP contribution in [0.25, 0.3) is 44.2 Å². The molecule has 0 aliphatic heterocycles. The predicted molar refractivity (Wildman–Crippen MR) is 177 cm³/mol. The van der Waals surface area contributed by atoms with Gasteiger partial charge in [0.2, 0.25) is 0 Å². The maximum atomic E-state index is 4.55. The molecule has 204 valence electrons. The largest absolute Gasteiger partial charge is 0.265 e. The maximum absolute atomic E-state index is 4.55. The zero-order valence-electron chi connectivity index (χ0n) is 24.0. The molecule has 0 fully saturated rings. The number of aromatic nitrogens is 2. The first-order valence-corrected chi connectivity index (χ1v) is 14.9. The van der Waals surface area contributed by atoms with Crippen molar-refractivity contribution in [2.75, 3.05) is 0 Å². The molecule has 2 aromatic heterocycles. The molecule has 2 atom stereocenters. The number of hydrogen-bond donors (Lipinski definition) is 0. The number of benzene rings is 4. The molecule has 0 bridgehead atoms. The van der Waals surface area contributed by atoms with Crippen LogP contribution in [0, 0.1) is 11.8 Å². The van der Waals surface area contributed by atoms with E-state index in [1.165, 1.54) is 49.1 Å². The molecule has 2 aliphatic rings. The molecule has 6 aromatic rings. The fraction of sp³-hybridized carbons (Fsp3) is 0.0732. The number of hydrogen-bond acceptors (Lipinski definition) is 2. The van der Waals surface area contributed by atoms with Crippen LogP contribution in [0.5, 0.6) is 0 Å². The molecule has 2 unspecified atom stereocenters. The highest BCUT2D eigenvalue weighted by atomic mass is 14.6. The number of allylic oxidation sites excluding steroid dienone is 4. The third-order valence-electron chi connectivity index (χ3n) is 8.94. The van der Waals surface area contributed by atoms with E-state index in [-0.39, 0.29) is 5.92 Å². The third-order valence-corrected chi connectivity index (χ3v) is 8.94. The topological polar surface area (TPSA) is 25.8 Å². The van der Waals surface area contributed by atoms with Crippen LogP contribution in [0.4, 0.5) is 0 Å². The molecule has 0 saturated carbocycles. The van der Waals surface area contributed by atoms with Gasteiger partial charge in [-0.3, -0.25) is 9.97 Å². The van der Waals surface area contributed by atoms with E-state index in [0.717, 1.165) is 22.3 Å². The molecular weight excluding hydrogens is 520 g/mol. The average molecular weight is 551 g/mol. The molecule has 2 heterocycles. The zero-order chi connectivity index (χ0) is 28.8. The second-order valence-electron chi connectivity index (χ2n) is 11.5. The zero-order valence-corrected chi connectivity index (χ0v) is 24.0. The molecule has 0 amide bonds. The summed E-state index contributed by atoms with van der Waals surface area (Å²) < 4.78 is 0. The van der Waals surface area contributed by atoms with Crippen molar-refractivity contribution >= 4 is 21.9 Å². The minimum atomic E-state index is 0.286. The summed E-state index contributed by atoms with van der Waals surface area (Å²) in [5, 5.41) is 5.11. The van der Waals surface area contributed by atoms with Gasteiger partial charge >= 0.3 is 0 Å². The molecule has 0 N–H and O–H groups in total. The number of fused-ring (bicyclic) bond motifs is 3. The van der Waals surface area contributed by atoms with Gasteiger partial charge in [-0.2, -0.15) is 0 Å². The number of pyridine rings is 2. The third kappa shape index (κ3) is 4.43. The molecule has 43 heavy (non-hydrogen) atoms. The molecule has 4 aromatic carbocycles. The SMILES string of the molecule is CC1C=CC=C2C(c3ccccc3)=c3ccccc3=C(c3ccc4cc(-c5cncc(-c6ccncc6)c5)ccc4c3)C21. The Morgan fingerprint density at radius 1 is 0.535 bits per heavy atom. The molecule has 2 heteroatoms. The monoisotopic (exact) mass is 550 g/mol. The summed E-state index contributed by atoms with van der Waals surface area (Å²) in [5.74, 6) is 0.675. The van der Waals surface area contributed by atoms with Gasteiger partial charge in [0, 0.05) is 41.8 Å². The minimum absolute atomic E-state index is 0.286. The van der Waals surface area contributed by atoms with Gasteiger partial charge in [0.15, 0.2) is 0 Å². The summed E-state index contributed by atoms with van der Waals surface area (Å²) >= 11 is 0. The van der Waals surface area contributed by atoms with Crippen molar-refractivity contribution in [3.8, 4) is 22.3 Å². The summed E-state index contributed by atoms with van der Waals surface area (Å²) in [6.45, 7) is 2.35. The Balaban J connectivity index is 1.28. The van der Waals surface area contributed by atoms with E-state index < -0.39 is 0 Å². The highest BCUT2D eigenvalue weighted by molar-refractivity contribution is 5.93. The highest BCUT2D eigenvalue weighted by Gasteiger charge is 2.33. The van der Waals surface area contributed by atoms with E-state index in [4.69, 9.17) is 0 Å².